The molecule has 10 nitrogen and oxygen atoms in total. The number of carbonyl (C=O) groups is 2. The quantitative estimate of drug-likeness (QED) is 0.0425. The highest BCUT2D eigenvalue weighted by atomic mass is 16.7. The minimum atomic E-state index is -1.59. The molecule has 270 valence electrons. The number of esters is 2. The van der Waals surface area contributed by atoms with Gasteiger partial charge in [-0.3, -0.25) is 9.59 Å². The molecule has 0 radical (unpaired) electrons. The van der Waals surface area contributed by atoms with Gasteiger partial charge in [-0.25, -0.2) is 0 Å². The third kappa shape index (κ3) is 20.6. The third-order valence-electron chi connectivity index (χ3n) is 8.40. The van der Waals surface area contributed by atoms with Crippen LogP contribution in [0.25, 0.3) is 0 Å². The van der Waals surface area contributed by atoms with E-state index in [2.05, 4.69) is 26.0 Å². The number of aliphatic hydroxyl groups excluding tert-OH is 4. The molecule has 1 heterocycles. The summed E-state index contributed by atoms with van der Waals surface area (Å²) < 4.78 is 21.9. The molecule has 10 heteroatoms. The molecular weight excluding hydrogens is 592 g/mol. The molecule has 1 rings (SSSR count). The van der Waals surface area contributed by atoms with Crippen molar-refractivity contribution in [1.29, 1.82) is 0 Å². The van der Waals surface area contributed by atoms with Gasteiger partial charge >= 0.3 is 11.9 Å². The average Bonchev–Trinajstić information content (AvgIpc) is 3.05. The lowest BCUT2D eigenvalue weighted by Crippen LogP contribution is -2.59. The average molecular weight is 659 g/mol. The monoisotopic (exact) mass is 658 g/mol. The third-order valence-corrected chi connectivity index (χ3v) is 8.40. The number of unbranched alkanes of at least 4 members (excludes halogenated alkanes) is 16. The van der Waals surface area contributed by atoms with Gasteiger partial charge in [0, 0.05) is 12.8 Å². The number of hydrogen-bond acceptors (Lipinski definition) is 10. The van der Waals surface area contributed by atoms with Gasteiger partial charge in [-0.2, -0.15) is 0 Å². The summed E-state index contributed by atoms with van der Waals surface area (Å²) in [5.41, 5.74) is 0. The Morgan fingerprint density at radius 3 is 1.70 bits per heavy atom. The van der Waals surface area contributed by atoms with Crippen LogP contribution in [-0.4, -0.2) is 89.0 Å². The highest BCUT2D eigenvalue weighted by molar-refractivity contribution is 5.70. The normalized spacial score (nSPS) is 22.3. The molecule has 6 unspecified atom stereocenters. The largest absolute Gasteiger partial charge is 0.462 e. The Kier molecular flexibility index (Phi) is 26.3. The van der Waals surface area contributed by atoms with E-state index in [-0.39, 0.29) is 32.0 Å². The van der Waals surface area contributed by atoms with Crippen molar-refractivity contribution in [1.82, 2.24) is 0 Å². The van der Waals surface area contributed by atoms with Crippen LogP contribution in [0.4, 0.5) is 0 Å². The first-order valence-corrected chi connectivity index (χ1v) is 18.3. The molecule has 0 aliphatic carbocycles. The molecule has 4 N–H and O–H groups in total. The molecule has 0 spiro atoms. The van der Waals surface area contributed by atoms with Crippen LogP contribution in [-0.2, 0) is 28.5 Å². The summed E-state index contributed by atoms with van der Waals surface area (Å²) >= 11 is 0. The lowest BCUT2D eigenvalue weighted by Gasteiger charge is -2.39. The number of rotatable bonds is 29. The fourth-order valence-corrected chi connectivity index (χ4v) is 5.42. The van der Waals surface area contributed by atoms with Gasteiger partial charge in [-0.15, -0.1) is 0 Å². The topological polar surface area (TPSA) is 152 Å². The number of carbonyl (C=O) groups excluding carboxylic acids is 2. The summed E-state index contributed by atoms with van der Waals surface area (Å²) in [6.45, 7) is 3.32. The van der Waals surface area contributed by atoms with Crippen LogP contribution >= 0.6 is 0 Å². The SMILES string of the molecule is CCCCCCCC/C=C\CCCCCCCC(=O)OC(COC(=O)CCCCCCCC)COC1OC(CO)C(O)C(O)C1O. The zero-order valence-electron chi connectivity index (χ0n) is 28.8. The molecular formula is C36H66O10. The van der Waals surface area contributed by atoms with E-state index < -0.39 is 49.4 Å². The summed E-state index contributed by atoms with van der Waals surface area (Å²) in [7, 11) is 0. The summed E-state index contributed by atoms with van der Waals surface area (Å²) in [4.78, 5) is 24.9. The smallest absolute Gasteiger partial charge is 0.306 e. The first-order chi connectivity index (χ1) is 22.3. The van der Waals surface area contributed by atoms with Gasteiger partial charge in [0.05, 0.1) is 13.2 Å². The van der Waals surface area contributed by atoms with E-state index >= 15 is 0 Å². The van der Waals surface area contributed by atoms with E-state index in [0.29, 0.717) is 6.42 Å². The van der Waals surface area contributed by atoms with Crippen LogP contribution in [0.1, 0.15) is 149 Å². The molecule has 0 bridgehead atoms. The van der Waals surface area contributed by atoms with Crippen molar-refractivity contribution in [2.24, 2.45) is 0 Å². The summed E-state index contributed by atoms with van der Waals surface area (Å²) in [6, 6.07) is 0. The van der Waals surface area contributed by atoms with Crippen LogP contribution in [0.2, 0.25) is 0 Å². The van der Waals surface area contributed by atoms with Crippen molar-refractivity contribution in [3.05, 3.63) is 12.2 Å². The van der Waals surface area contributed by atoms with E-state index in [4.69, 9.17) is 18.9 Å². The molecule has 1 aliphatic rings. The molecule has 6 atom stereocenters. The molecule has 0 aromatic carbocycles. The van der Waals surface area contributed by atoms with Crippen molar-refractivity contribution in [3.8, 4) is 0 Å². The Labute approximate surface area is 278 Å². The summed E-state index contributed by atoms with van der Waals surface area (Å²) in [5, 5.41) is 39.7. The fourth-order valence-electron chi connectivity index (χ4n) is 5.42. The maximum absolute atomic E-state index is 12.6. The minimum absolute atomic E-state index is 0.218. The number of aliphatic hydroxyl groups is 4. The maximum Gasteiger partial charge on any atom is 0.306 e. The van der Waals surface area contributed by atoms with Crippen LogP contribution in [0.5, 0.6) is 0 Å². The van der Waals surface area contributed by atoms with E-state index in [1.165, 1.54) is 51.4 Å². The molecule has 0 aromatic heterocycles. The second-order valence-electron chi connectivity index (χ2n) is 12.7. The predicted octanol–water partition coefficient (Wildman–Crippen LogP) is 6.05. The van der Waals surface area contributed by atoms with Gasteiger partial charge in [0.25, 0.3) is 0 Å². The van der Waals surface area contributed by atoms with Crippen molar-refractivity contribution in [2.75, 3.05) is 19.8 Å². The van der Waals surface area contributed by atoms with Gasteiger partial charge in [-0.05, 0) is 38.5 Å². The van der Waals surface area contributed by atoms with Crippen LogP contribution in [0, 0.1) is 0 Å². The second-order valence-corrected chi connectivity index (χ2v) is 12.7. The van der Waals surface area contributed by atoms with Crippen LogP contribution < -0.4 is 0 Å². The number of allylic oxidation sites excluding steroid dienone is 2. The number of ether oxygens (including phenoxy) is 4. The van der Waals surface area contributed by atoms with Crippen LogP contribution in [0.15, 0.2) is 12.2 Å². The molecule has 1 saturated heterocycles. The first kappa shape index (κ1) is 42.5. The zero-order chi connectivity index (χ0) is 33.8. The highest BCUT2D eigenvalue weighted by Gasteiger charge is 2.44. The highest BCUT2D eigenvalue weighted by Crippen LogP contribution is 2.22. The molecule has 0 amide bonds. The Morgan fingerprint density at radius 2 is 1.15 bits per heavy atom. The molecule has 0 saturated carbocycles. The predicted molar refractivity (Wildman–Crippen MR) is 178 cm³/mol. The van der Waals surface area contributed by atoms with E-state index in [1.807, 2.05) is 0 Å². The van der Waals surface area contributed by atoms with Crippen molar-refractivity contribution in [3.63, 3.8) is 0 Å². The standard InChI is InChI=1S/C36H66O10/c1-3-5-7-9-11-12-13-14-15-16-17-18-19-21-23-25-32(39)45-29(27-43-31(38)24-22-20-10-8-6-4-2)28-44-36-35(42)34(41)33(40)30(26-37)46-36/h14-15,29-30,33-37,40-42H,3-13,16-28H2,1-2H3/b15-14-. The summed E-state index contributed by atoms with van der Waals surface area (Å²) in [6.07, 6.45) is 18.3. The lowest BCUT2D eigenvalue weighted by atomic mass is 9.99. The molecule has 1 fully saturated rings. The Bertz CT molecular complexity index is 774. The first-order valence-electron chi connectivity index (χ1n) is 18.3. The fraction of sp³-hybridized carbons (Fsp3) is 0.889. The minimum Gasteiger partial charge on any atom is -0.462 e. The van der Waals surface area contributed by atoms with Gasteiger partial charge in [0.2, 0.25) is 0 Å². The van der Waals surface area contributed by atoms with Crippen LogP contribution in [0.3, 0.4) is 0 Å². The maximum atomic E-state index is 12.6. The number of hydrogen-bond donors (Lipinski definition) is 4. The Hall–Kier alpha value is -1.56. The lowest BCUT2D eigenvalue weighted by molar-refractivity contribution is -0.305. The van der Waals surface area contributed by atoms with E-state index in [0.717, 1.165) is 64.2 Å². The molecule has 1 aliphatic heterocycles. The van der Waals surface area contributed by atoms with Gasteiger partial charge < -0.3 is 39.4 Å². The Balaban J connectivity index is 2.39. The van der Waals surface area contributed by atoms with E-state index in [9.17, 15) is 30.0 Å². The second kappa shape index (κ2) is 28.5. The molecule has 0 aromatic rings. The molecule has 46 heavy (non-hydrogen) atoms. The Morgan fingerprint density at radius 1 is 0.652 bits per heavy atom. The van der Waals surface area contributed by atoms with Crippen molar-refractivity contribution in [2.45, 2.75) is 185 Å². The van der Waals surface area contributed by atoms with Crippen molar-refractivity contribution >= 4 is 11.9 Å². The van der Waals surface area contributed by atoms with Gasteiger partial charge in [-0.1, -0.05) is 109 Å². The van der Waals surface area contributed by atoms with E-state index in [1.54, 1.807) is 0 Å². The van der Waals surface area contributed by atoms with Crippen molar-refractivity contribution < 1.29 is 49.0 Å². The van der Waals surface area contributed by atoms with Gasteiger partial charge in [0.15, 0.2) is 12.4 Å². The zero-order valence-corrected chi connectivity index (χ0v) is 28.8. The van der Waals surface area contributed by atoms with Gasteiger partial charge in [0.1, 0.15) is 31.0 Å². The summed E-state index contributed by atoms with van der Waals surface area (Å²) in [5.74, 6) is -0.825.